The molecule has 4 aromatic rings. The molecular weight excluding hydrogens is 535 g/mol. The zero-order valence-corrected chi connectivity index (χ0v) is 21.2. The van der Waals surface area contributed by atoms with E-state index in [1.165, 1.54) is 23.1 Å². The van der Waals surface area contributed by atoms with Crippen LogP contribution in [0.2, 0.25) is 0 Å². The molecule has 0 aromatic heterocycles. The number of aliphatic hydroxyl groups excluding tert-OH is 1. The fraction of sp³-hybridized carbons (Fsp3) is 0.0667. The number of benzene rings is 4. The molecule has 0 radical (unpaired) electrons. The van der Waals surface area contributed by atoms with Gasteiger partial charge in [-0.15, -0.1) is 0 Å². The first-order valence-electron chi connectivity index (χ1n) is 11.6. The molecule has 3 N–H and O–H groups in total. The number of rotatable bonds is 6. The van der Waals surface area contributed by atoms with Crippen LogP contribution in [-0.2, 0) is 16.8 Å². The molecule has 1 unspecified atom stereocenters. The van der Waals surface area contributed by atoms with Crippen LogP contribution in [0.25, 0.3) is 5.57 Å². The Labute approximate surface area is 221 Å². The Kier molecular flexibility index (Phi) is 6.39. The molecule has 0 fully saturated rings. The third-order valence-corrected chi connectivity index (χ3v) is 7.12. The highest BCUT2D eigenvalue weighted by Crippen LogP contribution is 2.51. The van der Waals surface area contributed by atoms with Gasteiger partial charge in [0.25, 0.3) is 5.91 Å². The number of hydrogen-bond acceptors (Lipinski definition) is 3. The maximum absolute atomic E-state index is 15.1. The Hall–Kier alpha value is -4.23. The summed E-state index contributed by atoms with van der Waals surface area (Å²) in [6.45, 7) is 0. The molecular formula is C30H22BrFN2O3. The van der Waals surface area contributed by atoms with E-state index in [1.54, 1.807) is 54.6 Å². The molecule has 7 heteroatoms. The van der Waals surface area contributed by atoms with E-state index in [-0.39, 0.29) is 28.9 Å². The van der Waals surface area contributed by atoms with E-state index < -0.39 is 23.2 Å². The van der Waals surface area contributed by atoms with Crippen LogP contribution in [0.15, 0.2) is 113 Å². The van der Waals surface area contributed by atoms with Crippen molar-refractivity contribution in [2.45, 2.75) is 12.0 Å². The summed E-state index contributed by atoms with van der Waals surface area (Å²) in [5, 5.41) is 12.0. The van der Waals surface area contributed by atoms with Gasteiger partial charge >= 0.3 is 0 Å². The van der Waals surface area contributed by atoms with Gasteiger partial charge in [-0.25, -0.2) is 4.39 Å². The predicted octanol–water partition coefficient (Wildman–Crippen LogP) is 6.14. The number of amides is 2. The van der Waals surface area contributed by atoms with Gasteiger partial charge in [0.15, 0.2) is 0 Å². The number of anilines is 1. The SMILES string of the molecule is NC(=O)c1ccccc1C1(Cc2ccccc2)C(O)=C(c2ccccc2F)C(=O)N1c1ccc(Br)cc1. The molecule has 2 amide bonds. The first-order valence-corrected chi connectivity index (χ1v) is 12.4. The second-order valence-electron chi connectivity index (χ2n) is 8.75. The summed E-state index contributed by atoms with van der Waals surface area (Å²) in [6.07, 6.45) is 0.101. The summed E-state index contributed by atoms with van der Waals surface area (Å²) in [7, 11) is 0. The molecule has 1 aliphatic rings. The number of aliphatic hydroxyl groups is 1. The molecule has 37 heavy (non-hydrogen) atoms. The van der Waals surface area contributed by atoms with Crippen molar-refractivity contribution in [3.05, 3.63) is 141 Å². The lowest BCUT2D eigenvalue weighted by Gasteiger charge is -2.40. The minimum Gasteiger partial charge on any atom is -0.509 e. The van der Waals surface area contributed by atoms with Crippen LogP contribution in [0.3, 0.4) is 0 Å². The number of carbonyl (C=O) groups is 2. The van der Waals surface area contributed by atoms with E-state index in [2.05, 4.69) is 15.9 Å². The molecule has 0 saturated carbocycles. The van der Waals surface area contributed by atoms with Gasteiger partial charge in [0.05, 0.1) is 5.57 Å². The van der Waals surface area contributed by atoms with Gasteiger partial charge in [0.1, 0.15) is 17.1 Å². The van der Waals surface area contributed by atoms with Crippen molar-refractivity contribution in [1.82, 2.24) is 0 Å². The lowest BCUT2D eigenvalue weighted by molar-refractivity contribution is -0.113. The number of primary amides is 1. The smallest absolute Gasteiger partial charge is 0.263 e. The van der Waals surface area contributed by atoms with Crippen LogP contribution < -0.4 is 10.6 Å². The quantitative estimate of drug-likeness (QED) is 0.299. The van der Waals surface area contributed by atoms with E-state index in [0.717, 1.165) is 10.0 Å². The first-order chi connectivity index (χ1) is 17.8. The number of nitrogens with zero attached hydrogens (tertiary/aromatic N) is 1. The van der Waals surface area contributed by atoms with Crippen molar-refractivity contribution < 1.29 is 19.1 Å². The maximum atomic E-state index is 15.1. The lowest BCUT2D eigenvalue weighted by Crippen LogP contribution is -2.49. The maximum Gasteiger partial charge on any atom is 0.263 e. The van der Waals surface area contributed by atoms with E-state index in [1.807, 2.05) is 30.3 Å². The number of hydrogen-bond donors (Lipinski definition) is 2. The zero-order valence-electron chi connectivity index (χ0n) is 19.6. The fourth-order valence-corrected chi connectivity index (χ4v) is 5.25. The summed E-state index contributed by atoms with van der Waals surface area (Å²) >= 11 is 3.42. The summed E-state index contributed by atoms with van der Waals surface area (Å²) in [4.78, 5) is 28.3. The molecule has 1 atom stereocenters. The van der Waals surface area contributed by atoms with Crippen molar-refractivity contribution in [2.75, 3.05) is 4.90 Å². The van der Waals surface area contributed by atoms with Crippen molar-refractivity contribution >= 4 is 39.0 Å². The van der Waals surface area contributed by atoms with Crippen LogP contribution in [0.5, 0.6) is 0 Å². The number of carbonyl (C=O) groups excluding carboxylic acids is 2. The minimum atomic E-state index is -1.59. The predicted molar refractivity (Wildman–Crippen MR) is 144 cm³/mol. The highest BCUT2D eigenvalue weighted by atomic mass is 79.9. The van der Waals surface area contributed by atoms with Crippen LogP contribution in [0.1, 0.15) is 27.0 Å². The molecule has 1 aliphatic heterocycles. The molecule has 4 aromatic carbocycles. The Morgan fingerprint density at radius 1 is 0.892 bits per heavy atom. The van der Waals surface area contributed by atoms with Crippen molar-refractivity contribution in [2.24, 2.45) is 5.73 Å². The van der Waals surface area contributed by atoms with Gasteiger partial charge in [-0.2, -0.15) is 0 Å². The van der Waals surface area contributed by atoms with Crippen molar-refractivity contribution in [3.63, 3.8) is 0 Å². The van der Waals surface area contributed by atoms with E-state index in [0.29, 0.717) is 11.3 Å². The molecule has 1 heterocycles. The van der Waals surface area contributed by atoms with E-state index in [9.17, 15) is 14.7 Å². The van der Waals surface area contributed by atoms with Gasteiger partial charge in [-0.05, 0) is 47.5 Å². The number of halogens is 2. The normalized spacial score (nSPS) is 17.4. The summed E-state index contributed by atoms with van der Waals surface area (Å²) < 4.78 is 15.9. The van der Waals surface area contributed by atoms with Crippen LogP contribution in [-0.4, -0.2) is 16.9 Å². The van der Waals surface area contributed by atoms with Gasteiger partial charge in [0, 0.05) is 27.7 Å². The molecule has 5 nitrogen and oxygen atoms in total. The molecule has 0 aliphatic carbocycles. The summed E-state index contributed by atoms with van der Waals surface area (Å²) in [5.41, 5.74) is 5.73. The fourth-order valence-electron chi connectivity index (χ4n) is 4.99. The standard InChI is InChI=1S/C30H22BrFN2O3/c31-20-14-16-21(17-15-20)34-29(37)26(23-11-5-7-13-25(23)32)27(35)30(34,18-19-8-2-1-3-9-19)24-12-6-4-10-22(24)28(33)36/h1-17,35H,18H2,(H2,33,36). The molecule has 0 spiro atoms. The molecule has 0 bridgehead atoms. The topological polar surface area (TPSA) is 83.6 Å². The number of nitrogens with two attached hydrogens (primary N) is 1. The summed E-state index contributed by atoms with van der Waals surface area (Å²) in [6, 6.07) is 28.7. The molecule has 5 rings (SSSR count). The van der Waals surface area contributed by atoms with Crippen LogP contribution >= 0.6 is 15.9 Å². The molecule has 0 saturated heterocycles. The van der Waals surface area contributed by atoms with Crippen LogP contribution in [0, 0.1) is 5.82 Å². The van der Waals surface area contributed by atoms with Crippen molar-refractivity contribution in [3.8, 4) is 0 Å². The van der Waals surface area contributed by atoms with E-state index >= 15 is 4.39 Å². The average molecular weight is 557 g/mol. The minimum absolute atomic E-state index is 0.0291. The highest BCUT2D eigenvalue weighted by molar-refractivity contribution is 9.10. The second-order valence-corrected chi connectivity index (χ2v) is 9.67. The Morgan fingerprint density at radius 2 is 1.51 bits per heavy atom. The Bertz CT molecular complexity index is 1540. The lowest BCUT2D eigenvalue weighted by atomic mass is 9.78. The zero-order chi connectivity index (χ0) is 26.2. The monoisotopic (exact) mass is 556 g/mol. The Balaban J connectivity index is 1.90. The Morgan fingerprint density at radius 3 is 2.19 bits per heavy atom. The highest BCUT2D eigenvalue weighted by Gasteiger charge is 2.55. The summed E-state index contributed by atoms with van der Waals surface area (Å²) in [5.74, 6) is -2.31. The average Bonchev–Trinajstić information content (AvgIpc) is 3.12. The third-order valence-electron chi connectivity index (χ3n) is 6.60. The van der Waals surface area contributed by atoms with Gasteiger partial charge in [-0.1, -0.05) is 82.7 Å². The molecule has 184 valence electrons. The largest absolute Gasteiger partial charge is 0.509 e. The third kappa shape index (κ3) is 4.11. The second kappa shape index (κ2) is 9.67. The van der Waals surface area contributed by atoms with E-state index in [4.69, 9.17) is 5.73 Å². The van der Waals surface area contributed by atoms with Gasteiger partial charge < -0.3 is 10.8 Å². The van der Waals surface area contributed by atoms with Crippen molar-refractivity contribution in [1.29, 1.82) is 0 Å². The van der Waals surface area contributed by atoms with Gasteiger partial charge in [0.2, 0.25) is 5.91 Å². The first kappa shape index (κ1) is 24.5. The van der Waals surface area contributed by atoms with Gasteiger partial charge in [-0.3, -0.25) is 14.5 Å². The van der Waals surface area contributed by atoms with Crippen LogP contribution in [0.4, 0.5) is 10.1 Å².